The summed E-state index contributed by atoms with van der Waals surface area (Å²) in [7, 11) is 0. The molecule has 3 nitrogen and oxygen atoms in total. The molecule has 1 aromatic carbocycles. The molecule has 0 fully saturated rings. The van der Waals surface area contributed by atoms with Crippen molar-refractivity contribution in [2.45, 2.75) is 13.0 Å². The van der Waals surface area contributed by atoms with Crippen LogP contribution in [0.2, 0.25) is 0 Å². The van der Waals surface area contributed by atoms with E-state index in [9.17, 15) is 9.18 Å². The summed E-state index contributed by atoms with van der Waals surface area (Å²) < 4.78 is 14.0. The van der Waals surface area contributed by atoms with Crippen LogP contribution in [0, 0.1) is 5.82 Å². The van der Waals surface area contributed by atoms with Crippen molar-refractivity contribution in [3.05, 3.63) is 28.5 Å². The molecule has 3 N–H and O–H groups in total. The maximum Gasteiger partial charge on any atom is 0.234 e. The molecule has 1 unspecified atom stereocenters. The first-order valence-corrected chi connectivity index (χ1v) is 7.02. The molecule has 1 atom stereocenters. The van der Waals surface area contributed by atoms with Gasteiger partial charge >= 0.3 is 0 Å². The predicted octanol–water partition coefficient (Wildman–Crippen LogP) is 2.61. The fourth-order valence-electron chi connectivity index (χ4n) is 1.11. The topological polar surface area (TPSA) is 55.1 Å². The minimum atomic E-state index is -0.454. The Morgan fingerprint density at radius 3 is 2.94 bits per heavy atom. The SMILES string of the molecule is CC(N)CSCC(=O)Nc1ccc(Br)cc1F. The van der Waals surface area contributed by atoms with Crippen LogP contribution in [-0.2, 0) is 4.79 Å². The Kier molecular flexibility index (Phi) is 5.94. The van der Waals surface area contributed by atoms with E-state index in [0.717, 1.165) is 0 Å². The number of halogens is 2. The number of carbonyl (C=O) groups excluding carboxylic acids is 1. The van der Waals surface area contributed by atoms with E-state index in [0.29, 0.717) is 10.2 Å². The Bertz CT molecular complexity index is 401. The third-order valence-corrected chi connectivity index (χ3v) is 3.54. The van der Waals surface area contributed by atoms with Crippen molar-refractivity contribution < 1.29 is 9.18 Å². The molecule has 0 heterocycles. The molecule has 0 bridgehead atoms. The fourth-order valence-corrected chi connectivity index (χ4v) is 2.20. The third kappa shape index (κ3) is 5.52. The first-order valence-electron chi connectivity index (χ1n) is 5.07. The first kappa shape index (κ1) is 14.5. The molecule has 1 amide bonds. The summed E-state index contributed by atoms with van der Waals surface area (Å²) in [5, 5.41) is 2.51. The van der Waals surface area contributed by atoms with Crippen molar-refractivity contribution in [1.29, 1.82) is 0 Å². The maximum atomic E-state index is 13.4. The van der Waals surface area contributed by atoms with Crippen LogP contribution in [0.5, 0.6) is 0 Å². The Morgan fingerprint density at radius 1 is 1.65 bits per heavy atom. The van der Waals surface area contributed by atoms with Gasteiger partial charge in [-0.3, -0.25) is 4.79 Å². The second-order valence-corrected chi connectivity index (χ2v) is 5.61. The number of anilines is 1. The van der Waals surface area contributed by atoms with Crippen LogP contribution >= 0.6 is 27.7 Å². The lowest BCUT2D eigenvalue weighted by molar-refractivity contribution is -0.113. The van der Waals surface area contributed by atoms with Gasteiger partial charge in [0.1, 0.15) is 5.82 Å². The van der Waals surface area contributed by atoms with Gasteiger partial charge in [0.2, 0.25) is 5.91 Å². The van der Waals surface area contributed by atoms with E-state index in [1.54, 1.807) is 6.07 Å². The van der Waals surface area contributed by atoms with Gasteiger partial charge < -0.3 is 11.1 Å². The van der Waals surface area contributed by atoms with E-state index in [-0.39, 0.29) is 23.4 Å². The molecule has 0 aliphatic carbocycles. The highest BCUT2D eigenvalue weighted by Gasteiger charge is 2.07. The van der Waals surface area contributed by atoms with Gasteiger partial charge in [-0.15, -0.1) is 0 Å². The summed E-state index contributed by atoms with van der Waals surface area (Å²) >= 11 is 4.58. The molecule has 1 aromatic rings. The zero-order valence-electron chi connectivity index (χ0n) is 9.37. The van der Waals surface area contributed by atoms with Crippen LogP contribution in [-0.4, -0.2) is 23.5 Å². The average molecular weight is 321 g/mol. The van der Waals surface area contributed by atoms with Crippen molar-refractivity contribution in [3.8, 4) is 0 Å². The first-order chi connectivity index (χ1) is 7.99. The highest BCUT2D eigenvalue weighted by atomic mass is 79.9. The summed E-state index contributed by atoms with van der Waals surface area (Å²) in [5.41, 5.74) is 5.75. The predicted molar refractivity (Wildman–Crippen MR) is 73.7 cm³/mol. The summed E-state index contributed by atoms with van der Waals surface area (Å²) in [6.07, 6.45) is 0. The standard InChI is InChI=1S/C11H14BrFN2OS/c1-7(14)5-17-6-11(16)15-10-3-2-8(12)4-9(10)13/h2-4,7H,5-6,14H2,1H3,(H,15,16). The van der Waals surface area contributed by atoms with Gasteiger partial charge in [-0.1, -0.05) is 15.9 Å². The fraction of sp³-hybridized carbons (Fsp3) is 0.364. The summed E-state index contributed by atoms with van der Waals surface area (Å²) in [6, 6.07) is 4.56. The Hall–Kier alpha value is -0.590. The number of hydrogen-bond acceptors (Lipinski definition) is 3. The van der Waals surface area contributed by atoms with Crippen LogP contribution in [0.1, 0.15) is 6.92 Å². The summed E-state index contributed by atoms with van der Waals surface area (Å²) in [6.45, 7) is 1.87. The van der Waals surface area contributed by atoms with Crippen LogP contribution in [0.15, 0.2) is 22.7 Å². The number of thioether (sulfide) groups is 1. The molecule has 6 heteroatoms. The number of hydrogen-bond donors (Lipinski definition) is 2. The molecule has 1 rings (SSSR count). The molecular formula is C11H14BrFN2OS. The monoisotopic (exact) mass is 320 g/mol. The smallest absolute Gasteiger partial charge is 0.234 e. The van der Waals surface area contributed by atoms with E-state index < -0.39 is 5.82 Å². The second kappa shape index (κ2) is 6.98. The summed E-state index contributed by atoms with van der Waals surface area (Å²) in [5.74, 6) is 0.301. The molecule has 0 aliphatic heterocycles. The maximum absolute atomic E-state index is 13.4. The normalized spacial score (nSPS) is 12.2. The lowest BCUT2D eigenvalue weighted by Crippen LogP contribution is -2.20. The van der Waals surface area contributed by atoms with E-state index in [1.807, 2.05) is 6.92 Å². The molecular weight excluding hydrogens is 307 g/mol. The average Bonchev–Trinajstić information content (AvgIpc) is 2.21. The van der Waals surface area contributed by atoms with Crippen molar-refractivity contribution in [2.75, 3.05) is 16.8 Å². The number of amides is 1. The van der Waals surface area contributed by atoms with Gasteiger partial charge in [-0.25, -0.2) is 4.39 Å². The number of rotatable bonds is 5. The van der Waals surface area contributed by atoms with Crippen molar-refractivity contribution in [1.82, 2.24) is 0 Å². The van der Waals surface area contributed by atoms with Crippen molar-refractivity contribution >= 4 is 39.3 Å². The molecule has 0 aromatic heterocycles. The molecule has 0 spiro atoms. The van der Waals surface area contributed by atoms with Crippen LogP contribution in [0.3, 0.4) is 0 Å². The van der Waals surface area contributed by atoms with Gasteiger partial charge in [0.25, 0.3) is 0 Å². The van der Waals surface area contributed by atoms with E-state index in [4.69, 9.17) is 5.73 Å². The zero-order valence-corrected chi connectivity index (χ0v) is 11.8. The Balaban J connectivity index is 2.45. The number of nitrogens with one attached hydrogen (secondary N) is 1. The number of nitrogens with two attached hydrogens (primary N) is 1. The number of carbonyl (C=O) groups is 1. The van der Waals surface area contributed by atoms with Crippen LogP contribution in [0.4, 0.5) is 10.1 Å². The molecule has 94 valence electrons. The van der Waals surface area contributed by atoms with E-state index in [2.05, 4.69) is 21.2 Å². The highest BCUT2D eigenvalue weighted by Crippen LogP contribution is 2.19. The van der Waals surface area contributed by atoms with E-state index >= 15 is 0 Å². The largest absolute Gasteiger partial charge is 0.327 e. The van der Waals surface area contributed by atoms with Gasteiger partial charge in [0.05, 0.1) is 11.4 Å². The second-order valence-electron chi connectivity index (χ2n) is 3.66. The lowest BCUT2D eigenvalue weighted by atomic mass is 10.3. The van der Waals surface area contributed by atoms with Crippen molar-refractivity contribution in [2.24, 2.45) is 5.73 Å². The number of benzene rings is 1. The minimum Gasteiger partial charge on any atom is -0.327 e. The molecule has 0 radical (unpaired) electrons. The molecule has 0 saturated carbocycles. The Labute approximate surface area is 112 Å². The zero-order chi connectivity index (χ0) is 12.8. The quantitative estimate of drug-likeness (QED) is 0.876. The van der Waals surface area contributed by atoms with Gasteiger partial charge in [0.15, 0.2) is 0 Å². The van der Waals surface area contributed by atoms with E-state index in [1.165, 1.54) is 23.9 Å². The van der Waals surface area contributed by atoms with Crippen LogP contribution in [0.25, 0.3) is 0 Å². The molecule has 0 saturated heterocycles. The van der Waals surface area contributed by atoms with Gasteiger partial charge in [-0.05, 0) is 25.1 Å². The Morgan fingerprint density at radius 2 is 2.35 bits per heavy atom. The summed E-state index contributed by atoms with van der Waals surface area (Å²) in [4.78, 5) is 11.5. The van der Waals surface area contributed by atoms with Crippen LogP contribution < -0.4 is 11.1 Å². The third-order valence-electron chi connectivity index (χ3n) is 1.82. The minimum absolute atomic E-state index is 0.0530. The molecule has 17 heavy (non-hydrogen) atoms. The van der Waals surface area contributed by atoms with Gasteiger partial charge in [0, 0.05) is 16.3 Å². The van der Waals surface area contributed by atoms with Gasteiger partial charge in [-0.2, -0.15) is 11.8 Å². The lowest BCUT2D eigenvalue weighted by Gasteiger charge is -2.07. The highest BCUT2D eigenvalue weighted by molar-refractivity contribution is 9.10. The van der Waals surface area contributed by atoms with Crippen molar-refractivity contribution in [3.63, 3.8) is 0 Å². The molecule has 0 aliphatic rings.